The van der Waals surface area contributed by atoms with E-state index in [4.69, 9.17) is 5.73 Å². The molecule has 0 radical (unpaired) electrons. The number of aromatic nitrogens is 1. The Morgan fingerprint density at radius 3 is 2.93 bits per heavy atom. The first-order valence-corrected chi connectivity index (χ1v) is 4.93. The minimum absolute atomic E-state index is 0.0711. The van der Waals surface area contributed by atoms with Crippen molar-refractivity contribution in [2.24, 2.45) is 0 Å². The van der Waals surface area contributed by atoms with Crippen molar-refractivity contribution in [3.8, 4) is 0 Å². The minimum atomic E-state index is 0.0711. The van der Waals surface area contributed by atoms with Gasteiger partial charge in [0, 0.05) is 18.5 Å². The SMILES string of the molecule is Cc1cc(C2CCCC2=O)cnc1N. The van der Waals surface area contributed by atoms with Crippen LogP contribution < -0.4 is 5.73 Å². The fourth-order valence-corrected chi connectivity index (χ4v) is 1.97. The van der Waals surface area contributed by atoms with Crippen molar-refractivity contribution >= 4 is 11.6 Å². The minimum Gasteiger partial charge on any atom is -0.383 e. The van der Waals surface area contributed by atoms with Crippen LogP contribution in [0, 0.1) is 6.92 Å². The van der Waals surface area contributed by atoms with Crippen molar-refractivity contribution in [3.63, 3.8) is 0 Å². The van der Waals surface area contributed by atoms with Gasteiger partial charge in [-0.25, -0.2) is 4.98 Å². The van der Waals surface area contributed by atoms with Crippen LogP contribution in [0.4, 0.5) is 5.82 Å². The Balaban J connectivity index is 2.32. The summed E-state index contributed by atoms with van der Waals surface area (Å²) in [5.41, 5.74) is 7.61. The highest BCUT2D eigenvalue weighted by molar-refractivity contribution is 5.87. The molecule has 2 N–H and O–H groups in total. The number of Topliss-reactive ketones (excluding diaryl/α,β-unsaturated/α-hetero) is 1. The van der Waals surface area contributed by atoms with E-state index in [9.17, 15) is 4.79 Å². The number of carbonyl (C=O) groups is 1. The molecule has 3 heteroatoms. The first-order chi connectivity index (χ1) is 6.68. The molecule has 1 aromatic rings. The second-order valence-corrected chi connectivity index (χ2v) is 3.88. The summed E-state index contributed by atoms with van der Waals surface area (Å²) < 4.78 is 0. The van der Waals surface area contributed by atoms with Gasteiger partial charge in [-0.05, 0) is 30.9 Å². The second-order valence-electron chi connectivity index (χ2n) is 3.88. The number of nitrogens with two attached hydrogens (primary N) is 1. The van der Waals surface area contributed by atoms with Gasteiger partial charge in [-0.3, -0.25) is 4.79 Å². The Bertz CT molecular complexity index is 374. The van der Waals surface area contributed by atoms with Crippen LogP contribution in [0.1, 0.15) is 36.3 Å². The molecule has 1 aromatic heterocycles. The number of pyridine rings is 1. The van der Waals surface area contributed by atoms with Crippen LogP contribution in [0.2, 0.25) is 0 Å². The van der Waals surface area contributed by atoms with E-state index in [0.29, 0.717) is 18.0 Å². The lowest BCUT2D eigenvalue weighted by Crippen LogP contribution is -2.06. The van der Waals surface area contributed by atoms with Gasteiger partial charge in [0.25, 0.3) is 0 Å². The molecular formula is C11H14N2O. The summed E-state index contributed by atoms with van der Waals surface area (Å²) in [5.74, 6) is 0.969. The zero-order chi connectivity index (χ0) is 10.1. The number of hydrogen-bond donors (Lipinski definition) is 1. The number of aryl methyl sites for hydroxylation is 1. The van der Waals surface area contributed by atoms with E-state index in [1.165, 1.54) is 0 Å². The summed E-state index contributed by atoms with van der Waals surface area (Å²) in [6.07, 6.45) is 4.42. The highest BCUT2D eigenvalue weighted by Crippen LogP contribution is 2.31. The normalized spacial score (nSPS) is 21.5. The predicted octanol–water partition coefficient (Wildman–Crippen LogP) is 1.81. The molecule has 3 nitrogen and oxygen atoms in total. The molecule has 2 rings (SSSR count). The molecule has 1 atom stereocenters. The summed E-state index contributed by atoms with van der Waals surface area (Å²) in [6.45, 7) is 1.92. The number of carbonyl (C=O) groups excluding carboxylic acids is 1. The lowest BCUT2D eigenvalue weighted by molar-refractivity contribution is -0.118. The van der Waals surface area contributed by atoms with Gasteiger partial charge in [-0.15, -0.1) is 0 Å². The Morgan fingerprint density at radius 1 is 1.57 bits per heavy atom. The summed E-state index contributed by atoms with van der Waals surface area (Å²) in [6, 6.07) is 1.98. The van der Waals surface area contributed by atoms with Gasteiger partial charge >= 0.3 is 0 Å². The molecule has 0 amide bonds. The van der Waals surface area contributed by atoms with Crippen LogP contribution in [0.5, 0.6) is 0 Å². The number of ketones is 1. The molecule has 0 aromatic carbocycles. The molecule has 0 aliphatic heterocycles. The zero-order valence-electron chi connectivity index (χ0n) is 8.29. The van der Waals surface area contributed by atoms with Gasteiger partial charge in [0.05, 0.1) is 0 Å². The van der Waals surface area contributed by atoms with Crippen LogP contribution >= 0.6 is 0 Å². The maximum atomic E-state index is 11.5. The number of hydrogen-bond acceptors (Lipinski definition) is 3. The van der Waals surface area contributed by atoms with Gasteiger partial charge in [-0.1, -0.05) is 6.07 Å². The van der Waals surface area contributed by atoms with Crippen LogP contribution in [0.25, 0.3) is 0 Å². The van der Waals surface area contributed by atoms with E-state index in [1.54, 1.807) is 6.20 Å². The van der Waals surface area contributed by atoms with Crippen molar-refractivity contribution in [2.45, 2.75) is 32.1 Å². The highest BCUT2D eigenvalue weighted by atomic mass is 16.1. The third-order valence-electron chi connectivity index (χ3n) is 2.85. The lowest BCUT2D eigenvalue weighted by Gasteiger charge is -2.09. The smallest absolute Gasteiger partial charge is 0.140 e. The van der Waals surface area contributed by atoms with Crippen molar-refractivity contribution in [1.82, 2.24) is 4.98 Å². The van der Waals surface area contributed by atoms with Crippen LogP contribution in [0.15, 0.2) is 12.3 Å². The van der Waals surface area contributed by atoms with Crippen LogP contribution in [-0.4, -0.2) is 10.8 Å². The molecule has 1 heterocycles. The van der Waals surface area contributed by atoms with Crippen molar-refractivity contribution in [1.29, 1.82) is 0 Å². The fourth-order valence-electron chi connectivity index (χ4n) is 1.97. The maximum absolute atomic E-state index is 11.5. The molecule has 0 saturated heterocycles. The average molecular weight is 190 g/mol. The van der Waals surface area contributed by atoms with Crippen molar-refractivity contribution < 1.29 is 4.79 Å². The topological polar surface area (TPSA) is 56.0 Å². The van der Waals surface area contributed by atoms with Crippen molar-refractivity contribution in [3.05, 3.63) is 23.4 Å². The van der Waals surface area contributed by atoms with Gasteiger partial charge in [0.1, 0.15) is 11.6 Å². The molecule has 1 aliphatic rings. The van der Waals surface area contributed by atoms with Gasteiger partial charge in [0.2, 0.25) is 0 Å². The van der Waals surface area contributed by atoms with E-state index < -0.39 is 0 Å². The predicted molar refractivity (Wildman–Crippen MR) is 55.0 cm³/mol. The number of anilines is 1. The summed E-state index contributed by atoms with van der Waals surface area (Å²) in [4.78, 5) is 15.6. The quantitative estimate of drug-likeness (QED) is 0.734. The Hall–Kier alpha value is -1.38. The first-order valence-electron chi connectivity index (χ1n) is 4.93. The van der Waals surface area contributed by atoms with E-state index >= 15 is 0 Å². The van der Waals surface area contributed by atoms with Crippen LogP contribution in [-0.2, 0) is 4.79 Å². The van der Waals surface area contributed by atoms with E-state index in [2.05, 4.69) is 4.98 Å². The first kappa shape index (κ1) is 9.19. The van der Waals surface area contributed by atoms with Gasteiger partial charge < -0.3 is 5.73 Å². The third-order valence-corrected chi connectivity index (χ3v) is 2.85. The molecule has 0 bridgehead atoms. The zero-order valence-corrected chi connectivity index (χ0v) is 8.29. The van der Waals surface area contributed by atoms with Gasteiger partial charge in [-0.2, -0.15) is 0 Å². The largest absolute Gasteiger partial charge is 0.383 e. The Labute approximate surface area is 83.3 Å². The van der Waals surface area contributed by atoms with E-state index in [0.717, 1.165) is 24.0 Å². The standard InChI is InChI=1S/C11H14N2O/c1-7-5-8(6-13-11(7)12)9-3-2-4-10(9)14/h5-6,9H,2-4H2,1H3,(H2,12,13). The molecule has 1 unspecified atom stereocenters. The summed E-state index contributed by atoms with van der Waals surface area (Å²) >= 11 is 0. The Kier molecular flexibility index (Phi) is 2.23. The molecule has 1 fully saturated rings. The molecule has 0 spiro atoms. The van der Waals surface area contributed by atoms with E-state index in [1.807, 2.05) is 13.0 Å². The Morgan fingerprint density at radius 2 is 2.36 bits per heavy atom. The highest BCUT2D eigenvalue weighted by Gasteiger charge is 2.26. The fraction of sp³-hybridized carbons (Fsp3) is 0.455. The van der Waals surface area contributed by atoms with Gasteiger partial charge in [0.15, 0.2) is 0 Å². The third kappa shape index (κ3) is 1.50. The van der Waals surface area contributed by atoms with Crippen molar-refractivity contribution in [2.75, 3.05) is 5.73 Å². The molecule has 74 valence electrons. The summed E-state index contributed by atoms with van der Waals surface area (Å²) in [7, 11) is 0. The molecular weight excluding hydrogens is 176 g/mol. The monoisotopic (exact) mass is 190 g/mol. The average Bonchev–Trinajstić information content (AvgIpc) is 2.57. The lowest BCUT2D eigenvalue weighted by atomic mass is 9.97. The summed E-state index contributed by atoms with van der Waals surface area (Å²) in [5, 5.41) is 0. The number of nitrogens with zero attached hydrogens (tertiary/aromatic N) is 1. The number of rotatable bonds is 1. The molecule has 1 aliphatic carbocycles. The second kappa shape index (κ2) is 3.40. The van der Waals surface area contributed by atoms with E-state index in [-0.39, 0.29) is 5.92 Å². The maximum Gasteiger partial charge on any atom is 0.140 e. The number of nitrogen functional groups attached to an aromatic ring is 1. The molecule has 1 saturated carbocycles. The molecule has 14 heavy (non-hydrogen) atoms. The van der Waals surface area contributed by atoms with Crippen LogP contribution in [0.3, 0.4) is 0 Å².